The van der Waals surface area contributed by atoms with Gasteiger partial charge in [-0.1, -0.05) is 30.3 Å². The van der Waals surface area contributed by atoms with E-state index < -0.39 is 12.1 Å². The van der Waals surface area contributed by atoms with Gasteiger partial charge >= 0.3 is 41.7 Å². The minimum absolute atomic E-state index is 0. The number of ether oxygens (including phenoxy) is 1. The molecule has 0 spiro atoms. The van der Waals surface area contributed by atoms with Crippen molar-refractivity contribution in [1.82, 2.24) is 0 Å². The minimum Gasteiger partial charge on any atom is -1.00 e. The molecule has 0 aliphatic heterocycles. The van der Waals surface area contributed by atoms with Crippen molar-refractivity contribution in [2.75, 3.05) is 0 Å². The van der Waals surface area contributed by atoms with E-state index in [2.05, 4.69) is 4.74 Å². The van der Waals surface area contributed by atoms with Gasteiger partial charge in [-0.25, -0.2) is 4.79 Å². The molecule has 0 atom stereocenters. The molecule has 0 N–H and O–H groups in total. The first kappa shape index (κ1) is 14.5. The fraction of sp³-hybridized carbons (Fsp3) is 0.222. The van der Waals surface area contributed by atoms with Gasteiger partial charge in [-0.3, -0.25) is 0 Å². The van der Waals surface area contributed by atoms with E-state index in [0.717, 1.165) is 0 Å². The maximum atomic E-state index is 11.7. The third kappa shape index (κ3) is 5.20. The Hall–Kier alpha value is -0.520. The molecule has 0 saturated carbocycles. The second kappa shape index (κ2) is 6.15. The Balaban J connectivity index is 0. The second-order valence-corrected chi connectivity index (χ2v) is 2.56. The minimum atomic E-state index is -4.92. The molecule has 1 aromatic carbocycles. The molecule has 1 aromatic rings. The van der Waals surface area contributed by atoms with E-state index >= 15 is 0 Å². The number of halogens is 3. The van der Waals surface area contributed by atoms with Gasteiger partial charge < -0.3 is 6.16 Å². The van der Waals surface area contributed by atoms with E-state index in [-0.39, 0.29) is 37.6 Å². The van der Waals surface area contributed by atoms with Crippen molar-refractivity contribution >= 4 is 5.97 Å². The summed E-state index contributed by atoms with van der Waals surface area (Å²) in [6.07, 6.45) is -4.92. The van der Waals surface area contributed by atoms with E-state index in [4.69, 9.17) is 0 Å². The first-order chi connectivity index (χ1) is 6.50. The van der Waals surface area contributed by atoms with Gasteiger partial charge in [0, 0.05) is 0 Å². The zero-order valence-electron chi connectivity index (χ0n) is 9.04. The summed E-state index contributed by atoms with van der Waals surface area (Å²) < 4.78 is 39.1. The zero-order valence-corrected chi connectivity index (χ0v) is 10.0. The first-order valence-corrected chi connectivity index (χ1v) is 3.78. The monoisotopic (exact) mass is 228 g/mol. The van der Waals surface area contributed by atoms with Gasteiger partial charge in [0.15, 0.2) is 0 Å². The second-order valence-electron chi connectivity index (χ2n) is 2.56. The summed E-state index contributed by atoms with van der Waals surface area (Å²) in [4.78, 5) is 10.3. The number of carbonyl (C=O) groups is 1. The Morgan fingerprint density at radius 2 is 1.80 bits per heavy atom. The molecular formula is C9H8F3NaO2. The Morgan fingerprint density at radius 1 is 1.27 bits per heavy atom. The fourth-order valence-electron chi connectivity index (χ4n) is 0.805. The first-order valence-electron chi connectivity index (χ1n) is 3.78. The molecule has 2 nitrogen and oxygen atoms in total. The number of hydrogen-bond acceptors (Lipinski definition) is 2. The van der Waals surface area contributed by atoms with Gasteiger partial charge in [-0.05, 0) is 5.56 Å². The van der Waals surface area contributed by atoms with Crippen LogP contribution in [0.25, 0.3) is 0 Å². The molecule has 0 aliphatic rings. The fourth-order valence-corrected chi connectivity index (χ4v) is 0.805. The topological polar surface area (TPSA) is 26.3 Å². The van der Waals surface area contributed by atoms with E-state index in [0.29, 0.717) is 5.56 Å². The van der Waals surface area contributed by atoms with Gasteiger partial charge in [0.05, 0.1) is 0 Å². The molecule has 78 valence electrons. The van der Waals surface area contributed by atoms with Gasteiger partial charge in [0.2, 0.25) is 0 Å². The van der Waals surface area contributed by atoms with Crippen LogP contribution in [0.2, 0.25) is 0 Å². The van der Waals surface area contributed by atoms with E-state index in [1.165, 1.54) is 0 Å². The van der Waals surface area contributed by atoms with Crippen molar-refractivity contribution in [2.45, 2.75) is 12.8 Å². The summed E-state index contributed by atoms with van der Waals surface area (Å²) in [6, 6.07) is 8.16. The van der Waals surface area contributed by atoms with Gasteiger partial charge in [0.1, 0.15) is 6.61 Å². The molecule has 1 rings (SSSR count). The number of carbonyl (C=O) groups excluding carboxylic acids is 1. The Bertz CT molecular complexity index is 316. The normalized spacial score (nSPS) is 10.3. The Morgan fingerprint density at radius 3 is 2.27 bits per heavy atom. The largest absolute Gasteiger partial charge is 1.00 e. The van der Waals surface area contributed by atoms with Crippen LogP contribution in [-0.4, -0.2) is 12.1 Å². The van der Waals surface area contributed by atoms with E-state index in [1.54, 1.807) is 30.3 Å². The summed E-state index contributed by atoms with van der Waals surface area (Å²) >= 11 is 0. The Labute approximate surface area is 108 Å². The maximum Gasteiger partial charge on any atom is 1.00 e. The molecular weight excluding hydrogens is 220 g/mol. The third-order valence-corrected chi connectivity index (χ3v) is 1.44. The molecule has 15 heavy (non-hydrogen) atoms. The maximum absolute atomic E-state index is 11.7. The number of hydrogen-bond donors (Lipinski definition) is 0. The molecule has 0 fully saturated rings. The number of rotatable bonds is 2. The number of benzene rings is 1. The smallest absolute Gasteiger partial charge is 1.00 e. The predicted octanol–water partition coefficient (Wildman–Crippen LogP) is -0.591. The summed E-state index contributed by atoms with van der Waals surface area (Å²) in [5.41, 5.74) is 0.519. The average Bonchev–Trinajstić information content (AvgIpc) is 2.14. The molecule has 6 heteroatoms. The van der Waals surface area contributed by atoms with E-state index in [9.17, 15) is 18.0 Å². The molecule has 0 unspecified atom stereocenters. The molecule has 0 radical (unpaired) electrons. The number of alkyl halides is 3. The molecule has 0 aromatic heterocycles. The van der Waals surface area contributed by atoms with Crippen LogP contribution in [-0.2, 0) is 16.1 Å². The number of esters is 1. The quantitative estimate of drug-likeness (QED) is 0.499. The summed E-state index contributed by atoms with van der Waals surface area (Å²) in [5, 5.41) is 0. The summed E-state index contributed by atoms with van der Waals surface area (Å²) in [5.74, 6) is -2.17. The standard InChI is InChI=1S/C9H7F3O2.Na.H/c10-9(11,12)8(13)14-6-7-4-2-1-3-5-7;;/h1-5H,6H2;;/q;+1;-1. The van der Waals surface area contributed by atoms with E-state index in [1.807, 2.05) is 0 Å². The zero-order chi connectivity index (χ0) is 10.6. The van der Waals surface area contributed by atoms with Crippen LogP contribution in [0.3, 0.4) is 0 Å². The SMILES string of the molecule is O=C(OCc1ccccc1)C(F)(F)F.[H-].[Na+]. The van der Waals surface area contributed by atoms with Crippen LogP contribution in [0.4, 0.5) is 13.2 Å². The van der Waals surface area contributed by atoms with Crippen LogP contribution in [0.15, 0.2) is 30.3 Å². The van der Waals surface area contributed by atoms with Crippen molar-refractivity contribution < 1.29 is 53.7 Å². The van der Waals surface area contributed by atoms with Crippen LogP contribution in [0.1, 0.15) is 6.99 Å². The van der Waals surface area contributed by atoms with Crippen LogP contribution in [0, 0.1) is 0 Å². The average molecular weight is 228 g/mol. The molecule has 0 heterocycles. The molecule has 0 bridgehead atoms. The van der Waals surface area contributed by atoms with Crippen molar-refractivity contribution in [1.29, 1.82) is 0 Å². The summed E-state index contributed by atoms with van der Waals surface area (Å²) in [7, 11) is 0. The third-order valence-electron chi connectivity index (χ3n) is 1.44. The van der Waals surface area contributed by atoms with Gasteiger partial charge in [-0.2, -0.15) is 13.2 Å². The van der Waals surface area contributed by atoms with Crippen LogP contribution in [0.5, 0.6) is 0 Å². The molecule has 0 aliphatic carbocycles. The van der Waals surface area contributed by atoms with Crippen LogP contribution < -0.4 is 29.6 Å². The predicted molar refractivity (Wildman–Crippen MR) is 43.4 cm³/mol. The Kier molecular flexibility index (Phi) is 5.93. The van der Waals surface area contributed by atoms with Gasteiger partial charge in [-0.15, -0.1) is 0 Å². The van der Waals surface area contributed by atoms with Crippen molar-refractivity contribution in [2.24, 2.45) is 0 Å². The molecule has 0 saturated heterocycles. The van der Waals surface area contributed by atoms with Gasteiger partial charge in [0.25, 0.3) is 0 Å². The van der Waals surface area contributed by atoms with Crippen molar-refractivity contribution in [3.63, 3.8) is 0 Å². The van der Waals surface area contributed by atoms with Crippen molar-refractivity contribution in [3.8, 4) is 0 Å². The van der Waals surface area contributed by atoms with Crippen LogP contribution >= 0.6 is 0 Å². The molecule has 0 amide bonds. The van der Waals surface area contributed by atoms with Crippen molar-refractivity contribution in [3.05, 3.63) is 35.9 Å². The summed E-state index contributed by atoms with van der Waals surface area (Å²) in [6.45, 7) is -0.362.